The Balaban J connectivity index is 0.000000139. The van der Waals surface area contributed by atoms with Gasteiger partial charge in [-0.1, -0.05) is 299 Å². The summed E-state index contributed by atoms with van der Waals surface area (Å²) in [5.41, 5.74) is 32.0. The number of halogens is 2. The highest BCUT2D eigenvalue weighted by Crippen LogP contribution is 2.67. The molecule has 90 heavy (non-hydrogen) atoms. The monoisotopic (exact) mass is 1270 g/mol. The number of hydrogen-bond donors (Lipinski definition) is 0. The quantitative estimate of drug-likeness (QED) is 0.150. The number of anilines is 6. The molecule has 0 saturated carbocycles. The van der Waals surface area contributed by atoms with E-state index >= 15 is 0 Å². The molecule has 2 nitrogen and oxygen atoms in total. The summed E-state index contributed by atoms with van der Waals surface area (Å²) in [5, 5.41) is 0. The molecule has 0 bridgehead atoms. The van der Waals surface area contributed by atoms with Crippen LogP contribution in [0.5, 0.6) is 0 Å². The first kappa shape index (κ1) is 53.8. The van der Waals surface area contributed by atoms with Crippen molar-refractivity contribution in [2.75, 3.05) is 9.80 Å². The van der Waals surface area contributed by atoms with Crippen LogP contribution in [0.1, 0.15) is 44.5 Å². The molecule has 0 heterocycles. The summed E-state index contributed by atoms with van der Waals surface area (Å²) in [6.07, 6.45) is 0. The number of fused-ring (bicyclic) bond motifs is 20. The van der Waals surface area contributed by atoms with Crippen molar-refractivity contribution in [1.29, 1.82) is 0 Å². The zero-order valence-electron chi connectivity index (χ0n) is 49.0. The molecule has 0 atom stereocenters. The zero-order valence-corrected chi connectivity index (χ0v) is 52.2. The van der Waals surface area contributed by atoms with Gasteiger partial charge in [0.25, 0.3) is 0 Å². The summed E-state index contributed by atoms with van der Waals surface area (Å²) in [6, 6.07) is 124. The molecule has 2 spiro atoms. The van der Waals surface area contributed by atoms with Gasteiger partial charge in [0.05, 0.1) is 33.6 Å². The average Bonchev–Trinajstić information content (AvgIpc) is 1.52. The number of hydrogen-bond acceptors (Lipinski definition) is 2. The van der Waals surface area contributed by atoms with Gasteiger partial charge in [-0.2, -0.15) is 0 Å². The molecule has 0 radical (unpaired) electrons. The van der Waals surface area contributed by atoms with Crippen LogP contribution in [0.3, 0.4) is 0 Å². The van der Waals surface area contributed by atoms with Gasteiger partial charge in [-0.3, -0.25) is 0 Å². The summed E-state index contributed by atoms with van der Waals surface area (Å²) in [4.78, 5) is 4.91. The molecule has 0 saturated heterocycles. The lowest BCUT2D eigenvalue weighted by Gasteiger charge is -2.32. The molecular weight excluding hydrogens is 1220 g/mol. The minimum Gasteiger partial charge on any atom is -0.309 e. The molecule has 0 N–H and O–H groups in total. The molecule has 0 unspecified atom stereocenters. The Bertz CT molecular complexity index is 4700. The molecule has 0 fully saturated rings. The molecule has 4 aliphatic rings. The van der Waals surface area contributed by atoms with E-state index < -0.39 is 0 Å². The molecule has 14 aromatic carbocycles. The lowest BCUT2D eigenvalue weighted by Crippen LogP contribution is -2.26. The summed E-state index contributed by atoms with van der Waals surface area (Å²) in [7, 11) is 0. The molecule has 4 aliphatic carbocycles. The SMILES string of the molecule is Brc1ccc(N(c2ccccc2-c2ccccc2)c2cccc3c2-c2ccccc2C32c3ccccc3-c3ccccc32)cc1.Brc1ccc(N(c2ccccc2-c2ccccc2)c2cccc3c2-c2ccccc2C32c3ccccc3-c3ccccc32)cc1. The normalized spacial score (nSPS) is 13.2. The third-order valence-electron chi connectivity index (χ3n) is 19.1. The minimum absolute atomic E-state index is 0.389. The number of para-hydroxylation sites is 2. The molecule has 424 valence electrons. The highest BCUT2D eigenvalue weighted by atomic mass is 79.9. The van der Waals surface area contributed by atoms with Crippen LogP contribution in [0.2, 0.25) is 0 Å². The summed E-state index contributed by atoms with van der Waals surface area (Å²) < 4.78 is 2.12. The van der Waals surface area contributed by atoms with Gasteiger partial charge in [0.2, 0.25) is 0 Å². The average molecular weight is 1280 g/mol. The van der Waals surface area contributed by atoms with E-state index in [1.54, 1.807) is 0 Å². The van der Waals surface area contributed by atoms with Crippen LogP contribution in [-0.4, -0.2) is 0 Å². The van der Waals surface area contributed by atoms with Crippen molar-refractivity contribution in [2.45, 2.75) is 10.8 Å². The second-order valence-electron chi connectivity index (χ2n) is 23.6. The molecule has 0 aromatic heterocycles. The third-order valence-corrected chi connectivity index (χ3v) is 20.2. The maximum absolute atomic E-state index is 3.68. The van der Waals surface area contributed by atoms with Gasteiger partial charge in [0.15, 0.2) is 0 Å². The van der Waals surface area contributed by atoms with Crippen molar-refractivity contribution < 1.29 is 0 Å². The number of rotatable bonds is 8. The fourth-order valence-electron chi connectivity index (χ4n) is 15.7. The van der Waals surface area contributed by atoms with Gasteiger partial charge >= 0.3 is 0 Å². The Morgan fingerprint density at radius 2 is 0.433 bits per heavy atom. The van der Waals surface area contributed by atoms with Crippen molar-refractivity contribution in [1.82, 2.24) is 0 Å². The van der Waals surface area contributed by atoms with Crippen LogP contribution in [-0.2, 0) is 10.8 Å². The highest BCUT2D eigenvalue weighted by molar-refractivity contribution is 9.10. The van der Waals surface area contributed by atoms with Crippen LogP contribution < -0.4 is 9.80 Å². The largest absolute Gasteiger partial charge is 0.309 e. The fraction of sp³-hybridized carbons (Fsp3) is 0.0233. The van der Waals surface area contributed by atoms with Crippen LogP contribution in [0.25, 0.3) is 66.8 Å². The van der Waals surface area contributed by atoms with E-state index in [9.17, 15) is 0 Å². The van der Waals surface area contributed by atoms with Crippen LogP contribution in [0.15, 0.2) is 349 Å². The van der Waals surface area contributed by atoms with Crippen molar-refractivity contribution >= 4 is 66.0 Å². The first-order valence-electron chi connectivity index (χ1n) is 30.8. The maximum atomic E-state index is 3.68. The first-order valence-corrected chi connectivity index (χ1v) is 32.4. The molecule has 0 aliphatic heterocycles. The van der Waals surface area contributed by atoms with E-state index in [0.29, 0.717) is 0 Å². The van der Waals surface area contributed by atoms with Gasteiger partial charge in [-0.25, -0.2) is 0 Å². The third kappa shape index (κ3) is 8.08. The van der Waals surface area contributed by atoms with Crippen molar-refractivity contribution in [2.24, 2.45) is 0 Å². The molecule has 18 rings (SSSR count). The molecule has 0 amide bonds. The van der Waals surface area contributed by atoms with Gasteiger partial charge < -0.3 is 9.80 Å². The van der Waals surface area contributed by atoms with E-state index in [0.717, 1.165) is 31.7 Å². The maximum Gasteiger partial charge on any atom is 0.0726 e. The zero-order chi connectivity index (χ0) is 59.9. The van der Waals surface area contributed by atoms with E-state index in [2.05, 4.69) is 381 Å². The lowest BCUT2D eigenvalue weighted by molar-refractivity contribution is 0.794. The summed E-state index contributed by atoms with van der Waals surface area (Å²) in [5.74, 6) is 0. The second-order valence-corrected chi connectivity index (χ2v) is 25.4. The van der Waals surface area contributed by atoms with E-state index in [-0.39, 0.29) is 10.8 Å². The van der Waals surface area contributed by atoms with E-state index in [1.807, 2.05) is 0 Å². The smallest absolute Gasteiger partial charge is 0.0726 e. The van der Waals surface area contributed by atoms with Gasteiger partial charge in [-0.05, 0) is 162 Å². The highest BCUT2D eigenvalue weighted by Gasteiger charge is 2.54. The predicted molar refractivity (Wildman–Crippen MR) is 381 cm³/mol. The molecule has 4 heteroatoms. The minimum atomic E-state index is -0.389. The molecule has 14 aromatic rings. The van der Waals surface area contributed by atoms with E-state index in [1.165, 1.54) is 123 Å². The van der Waals surface area contributed by atoms with Crippen LogP contribution in [0, 0.1) is 0 Å². The molecular formula is C86H56Br2N2. The summed E-state index contributed by atoms with van der Waals surface area (Å²) in [6.45, 7) is 0. The predicted octanol–water partition coefficient (Wildman–Crippen LogP) is 23.9. The Morgan fingerprint density at radius 1 is 0.189 bits per heavy atom. The summed E-state index contributed by atoms with van der Waals surface area (Å²) >= 11 is 7.36. The van der Waals surface area contributed by atoms with Crippen LogP contribution in [0.4, 0.5) is 34.1 Å². The van der Waals surface area contributed by atoms with Crippen molar-refractivity contribution in [3.8, 4) is 66.8 Å². The Labute approximate surface area is 542 Å². The Morgan fingerprint density at radius 3 is 0.767 bits per heavy atom. The van der Waals surface area contributed by atoms with Crippen molar-refractivity contribution in [3.63, 3.8) is 0 Å². The van der Waals surface area contributed by atoms with Gasteiger partial charge in [0, 0.05) is 42.6 Å². The number of nitrogens with zero attached hydrogens (tertiary/aromatic N) is 2. The first-order chi connectivity index (χ1) is 44.5. The topological polar surface area (TPSA) is 6.48 Å². The standard InChI is InChI=1S/2C43H28BrN/c2*44-30-25-27-31(28-26-30)45(40-23-11-7-15-32(40)29-13-2-1-3-14-29)41-24-12-22-39-42(41)35-18-6-10-21-38(35)43(39)36-19-8-4-16-33(36)34-17-5-9-20-37(34)43/h2*1-28H. The van der Waals surface area contributed by atoms with Crippen molar-refractivity contribution in [3.05, 3.63) is 393 Å². The van der Waals surface area contributed by atoms with E-state index in [4.69, 9.17) is 0 Å². The van der Waals surface area contributed by atoms with Gasteiger partial charge in [0.1, 0.15) is 0 Å². The second kappa shape index (κ2) is 21.7. The Hall–Kier alpha value is -10.4. The Kier molecular flexibility index (Phi) is 13.0. The number of benzene rings is 14. The lowest BCUT2D eigenvalue weighted by atomic mass is 9.70. The van der Waals surface area contributed by atoms with Crippen LogP contribution >= 0.6 is 31.9 Å². The van der Waals surface area contributed by atoms with Gasteiger partial charge in [-0.15, -0.1) is 0 Å². The fourth-order valence-corrected chi connectivity index (χ4v) is 16.2.